The first-order valence-corrected chi connectivity index (χ1v) is 3.64. The fourth-order valence-electron chi connectivity index (χ4n) is 0.942. The molecular weight excluding hydrogens is 130 g/mol. The highest BCUT2D eigenvalue weighted by atomic mass is 16.6. The number of carbonyl (C=O) groups excluding carboxylic acids is 1. The lowest BCUT2D eigenvalue weighted by atomic mass is 10.1. The highest BCUT2D eigenvalue weighted by Gasteiger charge is 2.39. The molecule has 0 amide bonds. The van der Waals surface area contributed by atoms with Crippen molar-refractivity contribution < 1.29 is 9.53 Å². The molecule has 2 unspecified atom stereocenters. The minimum Gasteiger partial charge on any atom is -0.362 e. The van der Waals surface area contributed by atoms with E-state index in [1.807, 2.05) is 6.92 Å². The maximum atomic E-state index is 11.0. The van der Waals surface area contributed by atoms with Gasteiger partial charge in [0.2, 0.25) is 0 Å². The summed E-state index contributed by atoms with van der Waals surface area (Å²) in [5.41, 5.74) is 5.24. The normalized spacial score (nSPS) is 30.2. The van der Waals surface area contributed by atoms with Gasteiger partial charge < -0.3 is 10.5 Å². The van der Waals surface area contributed by atoms with Crippen molar-refractivity contribution in [3.8, 4) is 0 Å². The molecule has 2 N–H and O–H groups in total. The lowest BCUT2D eigenvalue weighted by Gasteiger charge is -1.92. The van der Waals surface area contributed by atoms with Crippen LogP contribution in [-0.4, -0.2) is 24.5 Å². The Labute approximate surface area is 60.5 Å². The third-order valence-electron chi connectivity index (χ3n) is 1.66. The molecule has 1 aliphatic rings. The molecule has 1 heterocycles. The number of nitrogens with two attached hydrogens (primary N) is 1. The Morgan fingerprint density at radius 3 is 2.70 bits per heavy atom. The van der Waals surface area contributed by atoms with Crippen LogP contribution in [0.15, 0.2) is 0 Å². The van der Waals surface area contributed by atoms with Crippen molar-refractivity contribution in [1.82, 2.24) is 0 Å². The van der Waals surface area contributed by atoms with Crippen LogP contribution in [0.25, 0.3) is 0 Å². The van der Waals surface area contributed by atoms with E-state index in [0.29, 0.717) is 13.0 Å². The Bertz CT molecular complexity index is 136. The molecule has 1 rings (SSSR count). The molecule has 0 aromatic heterocycles. The van der Waals surface area contributed by atoms with Crippen LogP contribution in [0.3, 0.4) is 0 Å². The van der Waals surface area contributed by atoms with Crippen LogP contribution < -0.4 is 5.73 Å². The van der Waals surface area contributed by atoms with E-state index >= 15 is 0 Å². The summed E-state index contributed by atoms with van der Waals surface area (Å²) in [5, 5.41) is 0. The zero-order valence-electron chi connectivity index (χ0n) is 6.17. The number of carbonyl (C=O) groups is 1. The van der Waals surface area contributed by atoms with E-state index < -0.39 is 0 Å². The number of hydrogen-bond acceptors (Lipinski definition) is 3. The van der Waals surface area contributed by atoms with E-state index in [0.717, 1.165) is 6.42 Å². The van der Waals surface area contributed by atoms with Gasteiger partial charge in [-0.2, -0.15) is 0 Å². The van der Waals surface area contributed by atoms with Gasteiger partial charge in [-0.15, -0.1) is 0 Å². The lowest BCUT2D eigenvalue weighted by Crippen LogP contribution is -2.10. The van der Waals surface area contributed by atoms with Crippen LogP contribution >= 0.6 is 0 Å². The van der Waals surface area contributed by atoms with Gasteiger partial charge in [-0.1, -0.05) is 0 Å². The minimum absolute atomic E-state index is 0.105. The molecule has 1 saturated heterocycles. The fourth-order valence-corrected chi connectivity index (χ4v) is 0.942. The number of ketones is 1. The topological polar surface area (TPSA) is 55.6 Å². The van der Waals surface area contributed by atoms with Crippen LogP contribution in [-0.2, 0) is 9.53 Å². The van der Waals surface area contributed by atoms with Gasteiger partial charge in [-0.3, -0.25) is 4.79 Å². The van der Waals surface area contributed by atoms with Crippen molar-refractivity contribution in [2.24, 2.45) is 5.73 Å². The van der Waals surface area contributed by atoms with Crippen LogP contribution in [0.5, 0.6) is 0 Å². The van der Waals surface area contributed by atoms with Gasteiger partial charge in [0, 0.05) is 6.42 Å². The molecule has 0 radical (unpaired) electrons. The van der Waals surface area contributed by atoms with Crippen molar-refractivity contribution >= 4 is 5.78 Å². The maximum absolute atomic E-state index is 11.0. The monoisotopic (exact) mass is 143 g/mol. The molecule has 0 aromatic rings. The standard InChI is InChI=1S/C7H13NO2/c1-5-7(10-5)6(9)3-2-4-8/h5,7H,2-4,8H2,1H3. The molecule has 3 nitrogen and oxygen atoms in total. The smallest absolute Gasteiger partial charge is 0.164 e. The summed E-state index contributed by atoms with van der Waals surface area (Å²) < 4.78 is 4.99. The van der Waals surface area contributed by atoms with E-state index in [2.05, 4.69) is 0 Å². The Kier molecular flexibility index (Phi) is 2.40. The first-order chi connectivity index (χ1) is 4.75. The molecule has 3 heteroatoms. The second-order valence-electron chi connectivity index (χ2n) is 2.62. The van der Waals surface area contributed by atoms with E-state index in [4.69, 9.17) is 10.5 Å². The molecule has 1 fully saturated rings. The molecule has 1 aliphatic heterocycles. The van der Waals surface area contributed by atoms with Crippen molar-refractivity contribution in [2.45, 2.75) is 32.0 Å². The molecule has 2 atom stereocenters. The molecule has 0 bridgehead atoms. The molecule has 0 aromatic carbocycles. The Morgan fingerprint density at radius 1 is 1.70 bits per heavy atom. The first kappa shape index (κ1) is 7.69. The van der Waals surface area contributed by atoms with Crippen LogP contribution in [0.2, 0.25) is 0 Å². The van der Waals surface area contributed by atoms with Gasteiger partial charge in [0.25, 0.3) is 0 Å². The maximum Gasteiger partial charge on any atom is 0.164 e. The quantitative estimate of drug-likeness (QED) is 0.567. The third kappa shape index (κ3) is 1.78. The van der Waals surface area contributed by atoms with Crippen molar-refractivity contribution in [2.75, 3.05) is 6.54 Å². The van der Waals surface area contributed by atoms with Crippen LogP contribution in [0, 0.1) is 0 Å². The second-order valence-corrected chi connectivity index (χ2v) is 2.62. The number of ether oxygens (including phenoxy) is 1. The number of hydrogen-bond donors (Lipinski definition) is 1. The predicted molar refractivity (Wildman–Crippen MR) is 37.6 cm³/mol. The van der Waals surface area contributed by atoms with Gasteiger partial charge in [0.05, 0.1) is 6.10 Å². The van der Waals surface area contributed by atoms with E-state index in [1.165, 1.54) is 0 Å². The SMILES string of the molecule is CC1OC1C(=O)CCCN. The summed E-state index contributed by atoms with van der Waals surface area (Å²) in [4.78, 5) is 11.0. The highest BCUT2D eigenvalue weighted by Crippen LogP contribution is 2.23. The lowest BCUT2D eigenvalue weighted by molar-refractivity contribution is -0.120. The molecule has 0 aliphatic carbocycles. The molecule has 58 valence electrons. The second kappa shape index (κ2) is 3.12. The van der Waals surface area contributed by atoms with Gasteiger partial charge in [-0.05, 0) is 19.9 Å². The average molecular weight is 143 g/mol. The number of rotatable bonds is 4. The summed E-state index contributed by atoms with van der Waals surface area (Å²) in [6.45, 7) is 2.50. The van der Waals surface area contributed by atoms with Crippen molar-refractivity contribution in [1.29, 1.82) is 0 Å². The molecule has 10 heavy (non-hydrogen) atoms. The van der Waals surface area contributed by atoms with Gasteiger partial charge in [0.1, 0.15) is 6.10 Å². The summed E-state index contributed by atoms with van der Waals surface area (Å²) in [5.74, 6) is 0.206. The minimum atomic E-state index is -0.105. The van der Waals surface area contributed by atoms with Crippen molar-refractivity contribution in [3.05, 3.63) is 0 Å². The largest absolute Gasteiger partial charge is 0.362 e. The summed E-state index contributed by atoms with van der Waals surface area (Å²) in [6.07, 6.45) is 1.41. The first-order valence-electron chi connectivity index (χ1n) is 3.64. The molecular formula is C7H13NO2. The Balaban J connectivity index is 2.11. The Hall–Kier alpha value is -0.410. The molecule has 0 saturated carbocycles. The zero-order valence-corrected chi connectivity index (χ0v) is 6.17. The van der Waals surface area contributed by atoms with E-state index in [9.17, 15) is 4.79 Å². The van der Waals surface area contributed by atoms with Gasteiger partial charge in [-0.25, -0.2) is 0 Å². The van der Waals surface area contributed by atoms with Crippen molar-refractivity contribution in [3.63, 3.8) is 0 Å². The zero-order chi connectivity index (χ0) is 7.56. The summed E-state index contributed by atoms with van der Waals surface area (Å²) >= 11 is 0. The van der Waals surface area contributed by atoms with Gasteiger partial charge in [0.15, 0.2) is 5.78 Å². The number of epoxide rings is 1. The van der Waals surface area contributed by atoms with E-state index in [1.54, 1.807) is 0 Å². The Morgan fingerprint density at radius 2 is 2.30 bits per heavy atom. The number of Topliss-reactive ketones (excluding diaryl/α,β-unsaturated/α-hetero) is 1. The predicted octanol–water partition coefficient (Wildman–Crippen LogP) is 0.0817. The molecule has 0 spiro atoms. The fraction of sp³-hybridized carbons (Fsp3) is 0.857. The summed E-state index contributed by atoms with van der Waals surface area (Å²) in [6, 6.07) is 0. The third-order valence-corrected chi connectivity index (χ3v) is 1.66. The van der Waals surface area contributed by atoms with Crippen LogP contribution in [0.4, 0.5) is 0 Å². The van der Waals surface area contributed by atoms with E-state index in [-0.39, 0.29) is 18.0 Å². The van der Waals surface area contributed by atoms with Gasteiger partial charge >= 0.3 is 0 Å². The highest BCUT2D eigenvalue weighted by molar-refractivity contribution is 5.85. The summed E-state index contributed by atoms with van der Waals surface area (Å²) in [7, 11) is 0. The van der Waals surface area contributed by atoms with Crippen LogP contribution in [0.1, 0.15) is 19.8 Å². The average Bonchev–Trinajstić information content (AvgIpc) is 2.62.